The monoisotopic (exact) mass is 367 g/mol. The first kappa shape index (κ1) is 19.4. The average Bonchev–Trinajstić information content (AvgIpc) is 2.46. The molecule has 1 aliphatic heterocycles. The summed E-state index contributed by atoms with van der Waals surface area (Å²) in [5.74, 6) is 0.576. The second-order valence-corrected chi connectivity index (χ2v) is 9.67. The fourth-order valence-corrected chi connectivity index (χ4v) is 4.56. The Kier molecular flexibility index (Phi) is 6.85. The van der Waals surface area contributed by atoms with Crippen LogP contribution in [-0.2, 0) is 19.7 Å². The molecule has 1 aromatic carbocycles. The molecule has 126 valence electrons. The molecule has 1 saturated heterocycles. The van der Waals surface area contributed by atoms with Gasteiger partial charge in [0.15, 0.2) is 19.7 Å². The van der Waals surface area contributed by atoms with Crippen LogP contribution in [0.5, 0.6) is 0 Å². The van der Waals surface area contributed by atoms with Gasteiger partial charge in [0.05, 0.1) is 15.5 Å². The molecule has 1 aromatic rings. The van der Waals surface area contributed by atoms with Gasteiger partial charge in [0.25, 0.3) is 0 Å². The largest absolute Gasteiger partial charge is 0.317 e. The Bertz CT molecular complexity index is 678. The van der Waals surface area contributed by atoms with Gasteiger partial charge in [-0.3, -0.25) is 0 Å². The van der Waals surface area contributed by atoms with Gasteiger partial charge in [0.2, 0.25) is 0 Å². The summed E-state index contributed by atoms with van der Waals surface area (Å²) in [7, 11) is -6.63. The third-order valence-corrected chi connectivity index (χ3v) is 6.76. The van der Waals surface area contributed by atoms with Crippen LogP contribution in [0.4, 0.5) is 0 Å². The van der Waals surface area contributed by atoms with E-state index in [1.54, 1.807) is 0 Å². The van der Waals surface area contributed by atoms with Crippen molar-refractivity contribution in [2.24, 2.45) is 5.92 Å². The van der Waals surface area contributed by atoms with E-state index in [1.165, 1.54) is 24.3 Å². The zero-order valence-electron chi connectivity index (χ0n) is 12.5. The highest BCUT2D eigenvalue weighted by Crippen LogP contribution is 2.21. The average molecular weight is 368 g/mol. The fourth-order valence-electron chi connectivity index (χ4n) is 2.50. The van der Waals surface area contributed by atoms with Crippen molar-refractivity contribution in [3.8, 4) is 0 Å². The molecule has 0 atom stereocenters. The Morgan fingerprint density at radius 2 is 1.50 bits per heavy atom. The van der Waals surface area contributed by atoms with Crippen LogP contribution in [0.1, 0.15) is 19.3 Å². The van der Waals surface area contributed by atoms with Crippen LogP contribution in [0.15, 0.2) is 34.1 Å². The molecule has 2 rings (SSSR count). The number of hydrogen-bond acceptors (Lipinski definition) is 5. The molecule has 1 N–H and O–H groups in total. The first-order chi connectivity index (χ1) is 9.79. The first-order valence-electron chi connectivity index (χ1n) is 7.03. The summed E-state index contributed by atoms with van der Waals surface area (Å²) in [4.78, 5) is 0.337. The Morgan fingerprint density at radius 1 is 1.00 bits per heavy atom. The maximum absolute atomic E-state index is 12.3. The predicted molar refractivity (Wildman–Crippen MR) is 89.1 cm³/mol. The lowest BCUT2D eigenvalue weighted by molar-refractivity contribution is 0.365. The van der Waals surface area contributed by atoms with E-state index in [0.29, 0.717) is 12.3 Å². The fraction of sp³-hybridized carbons (Fsp3) is 0.571. The molecule has 0 amide bonds. The molecule has 0 saturated carbocycles. The summed E-state index contributed by atoms with van der Waals surface area (Å²) < 4.78 is 47.3. The summed E-state index contributed by atoms with van der Waals surface area (Å²) >= 11 is 0. The van der Waals surface area contributed by atoms with Crippen LogP contribution in [-0.4, -0.2) is 41.9 Å². The van der Waals surface area contributed by atoms with Gasteiger partial charge in [-0.15, -0.1) is 12.4 Å². The standard InChI is InChI=1S/C14H21NO4S2.ClH/c1-20(16,17)13-2-4-14(5-3-13)21(18,19)11-8-12-6-9-15-10-7-12;/h2-5,12,15H,6-11H2,1H3;1H. The predicted octanol–water partition coefficient (Wildman–Crippen LogP) is 1.68. The Hall–Kier alpha value is -0.630. The topological polar surface area (TPSA) is 80.3 Å². The van der Waals surface area contributed by atoms with E-state index in [1.807, 2.05) is 0 Å². The minimum absolute atomic E-state index is 0. The van der Waals surface area contributed by atoms with E-state index in [2.05, 4.69) is 5.32 Å². The van der Waals surface area contributed by atoms with Gasteiger partial charge in [0, 0.05) is 6.26 Å². The zero-order chi connectivity index (χ0) is 15.5. The van der Waals surface area contributed by atoms with Gasteiger partial charge in [-0.05, 0) is 62.5 Å². The molecule has 0 bridgehead atoms. The highest BCUT2D eigenvalue weighted by molar-refractivity contribution is 7.91. The van der Waals surface area contributed by atoms with Gasteiger partial charge in [-0.25, -0.2) is 16.8 Å². The molecule has 8 heteroatoms. The van der Waals surface area contributed by atoms with Crippen LogP contribution in [0.25, 0.3) is 0 Å². The molecule has 0 unspecified atom stereocenters. The van der Waals surface area contributed by atoms with E-state index >= 15 is 0 Å². The van der Waals surface area contributed by atoms with Crippen LogP contribution < -0.4 is 5.32 Å². The van der Waals surface area contributed by atoms with Crippen molar-refractivity contribution in [2.75, 3.05) is 25.1 Å². The number of halogens is 1. The van der Waals surface area contributed by atoms with Crippen LogP contribution >= 0.6 is 12.4 Å². The highest BCUT2D eigenvalue weighted by Gasteiger charge is 2.20. The van der Waals surface area contributed by atoms with Gasteiger partial charge in [-0.2, -0.15) is 0 Å². The molecular formula is C14H22ClNO4S2. The van der Waals surface area contributed by atoms with Crippen molar-refractivity contribution in [3.05, 3.63) is 24.3 Å². The minimum atomic E-state index is -3.34. The number of rotatable bonds is 5. The second-order valence-electron chi connectivity index (χ2n) is 5.54. The highest BCUT2D eigenvalue weighted by atomic mass is 35.5. The molecular weight excluding hydrogens is 346 g/mol. The van der Waals surface area contributed by atoms with E-state index < -0.39 is 19.7 Å². The van der Waals surface area contributed by atoms with Crippen molar-refractivity contribution >= 4 is 32.1 Å². The van der Waals surface area contributed by atoms with Crippen LogP contribution in [0, 0.1) is 5.92 Å². The Morgan fingerprint density at radius 3 is 2.00 bits per heavy atom. The Labute approximate surface area is 138 Å². The van der Waals surface area contributed by atoms with Crippen LogP contribution in [0.2, 0.25) is 0 Å². The number of benzene rings is 1. The van der Waals surface area contributed by atoms with E-state index in [4.69, 9.17) is 0 Å². The van der Waals surface area contributed by atoms with Crippen LogP contribution in [0.3, 0.4) is 0 Å². The molecule has 5 nitrogen and oxygen atoms in total. The molecule has 0 aromatic heterocycles. The number of hydrogen-bond donors (Lipinski definition) is 1. The normalized spacial score (nSPS) is 17.0. The van der Waals surface area contributed by atoms with Gasteiger partial charge < -0.3 is 5.32 Å². The third kappa shape index (κ3) is 5.22. The molecule has 0 radical (unpaired) electrons. The maximum atomic E-state index is 12.3. The van der Waals surface area contributed by atoms with Crippen molar-refractivity contribution < 1.29 is 16.8 Å². The number of nitrogens with one attached hydrogen (secondary N) is 1. The maximum Gasteiger partial charge on any atom is 0.178 e. The van der Waals surface area contributed by atoms with Gasteiger partial charge in [0.1, 0.15) is 0 Å². The molecule has 1 heterocycles. The summed E-state index contributed by atoms with van der Waals surface area (Å²) in [6, 6.07) is 5.47. The Balaban J connectivity index is 0.00000242. The van der Waals surface area contributed by atoms with Crippen molar-refractivity contribution in [3.63, 3.8) is 0 Å². The third-order valence-electron chi connectivity index (χ3n) is 3.86. The molecule has 0 aliphatic carbocycles. The zero-order valence-corrected chi connectivity index (χ0v) is 14.9. The van der Waals surface area contributed by atoms with E-state index in [0.717, 1.165) is 32.2 Å². The van der Waals surface area contributed by atoms with Gasteiger partial charge in [-0.1, -0.05) is 0 Å². The number of piperidine rings is 1. The van der Waals surface area contributed by atoms with Crippen molar-refractivity contribution in [2.45, 2.75) is 29.1 Å². The smallest absolute Gasteiger partial charge is 0.178 e. The summed E-state index contributed by atoms with van der Waals surface area (Å²) in [5.41, 5.74) is 0. The van der Waals surface area contributed by atoms with Gasteiger partial charge >= 0.3 is 0 Å². The lowest BCUT2D eigenvalue weighted by Gasteiger charge is -2.22. The summed E-state index contributed by atoms with van der Waals surface area (Å²) in [6.45, 7) is 1.90. The quantitative estimate of drug-likeness (QED) is 0.856. The van der Waals surface area contributed by atoms with E-state index in [-0.39, 0.29) is 28.0 Å². The molecule has 1 fully saturated rings. The lowest BCUT2D eigenvalue weighted by Crippen LogP contribution is -2.28. The minimum Gasteiger partial charge on any atom is -0.317 e. The van der Waals surface area contributed by atoms with Crippen molar-refractivity contribution in [1.29, 1.82) is 0 Å². The van der Waals surface area contributed by atoms with E-state index in [9.17, 15) is 16.8 Å². The number of sulfone groups is 2. The summed E-state index contributed by atoms with van der Waals surface area (Å²) in [6.07, 6.45) is 3.80. The summed E-state index contributed by atoms with van der Waals surface area (Å²) in [5, 5.41) is 3.26. The lowest BCUT2D eigenvalue weighted by atomic mass is 9.96. The van der Waals surface area contributed by atoms with Crippen molar-refractivity contribution in [1.82, 2.24) is 5.32 Å². The SMILES string of the molecule is CS(=O)(=O)c1ccc(S(=O)(=O)CCC2CCNCC2)cc1.Cl. The molecule has 0 spiro atoms. The first-order valence-corrected chi connectivity index (χ1v) is 10.6. The molecule has 1 aliphatic rings. The second kappa shape index (κ2) is 7.77. The molecule has 22 heavy (non-hydrogen) atoms.